The van der Waals surface area contributed by atoms with Gasteiger partial charge in [0, 0.05) is 12.8 Å². The zero-order valence-corrected chi connectivity index (χ0v) is 46.6. The number of aliphatic hydroxyl groups excluding tert-OH is 1. The lowest BCUT2D eigenvalue weighted by Gasteiger charge is -2.21. The average molecular weight is 1050 g/mol. The quantitative estimate of drug-likeness (QED) is 0.0197. The molecule has 0 aliphatic heterocycles. The van der Waals surface area contributed by atoms with Crippen LogP contribution in [0.2, 0.25) is 0 Å². The highest BCUT2D eigenvalue weighted by molar-refractivity contribution is 7.47. The van der Waals surface area contributed by atoms with Gasteiger partial charge in [0.25, 0.3) is 0 Å². The van der Waals surface area contributed by atoms with Crippen LogP contribution in [0.15, 0.2) is 146 Å². The van der Waals surface area contributed by atoms with E-state index >= 15 is 0 Å². The molecule has 0 fully saturated rings. The van der Waals surface area contributed by atoms with Crippen LogP contribution in [0.5, 0.6) is 0 Å². The number of allylic oxidation sites excluding steroid dienone is 23. The molecule has 11 nitrogen and oxygen atoms in total. The van der Waals surface area contributed by atoms with Crippen LogP contribution in [0, 0.1) is 0 Å². The molecule has 74 heavy (non-hydrogen) atoms. The minimum Gasteiger partial charge on any atom is -0.461 e. The Balaban J connectivity index is 4.99. The Labute approximate surface area is 448 Å². The van der Waals surface area contributed by atoms with Crippen molar-refractivity contribution in [3.8, 4) is 0 Å². The van der Waals surface area contributed by atoms with E-state index in [0.717, 1.165) is 96.3 Å². The van der Waals surface area contributed by atoms with Gasteiger partial charge >= 0.3 is 25.7 Å². The van der Waals surface area contributed by atoms with Gasteiger partial charge < -0.3 is 24.2 Å². The van der Waals surface area contributed by atoms with Gasteiger partial charge in [0.15, 0.2) is 6.10 Å². The third-order valence-corrected chi connectivity index (χ3v) is 11.7. The predicted molar refractivity (Wildman–Crippen MR) is 306 cm³/mol. The van der Waals surface area contributed by atoms with E-state index in [1.165, 1.54) is 25.7 Å². The van der Waals surface area contributed by atoms with Crippen molar-refractivity contribution >= 4 is 25.7 Å². The third kappa shape index (κ3) is 52.2. The van der Waals surface area contributed by atoms with Gasteiger partial charge in [-0.3, -0.25) is 23.4 Å². The molecule has 0 aromatic rings. The first kappa shape index (κ1) is 69.4. The van der Waals surface area contributed by atoms with Crippen molar-refractivity contribution < 1.29 is 52.2 Å². The van der Waals surface area contributed by atoms with Crippen molar-refractivity contribution in [2.75, 3.05) is 26.4 Å². The molecule has 3 unspecified atom stereocenters. The Hall–Kier alpha value is -4.64. The lowest BCUT2D eigenvalue weighted by Crippen LogP contribution is -2.30. The van der Waals surface area contributed by atoms with Crippen molar-refractivity contribution in [3.05, 3.63) is 146 Å². The van der Waals surface area contributed by atoms with Crippen LogP contribution in [0.1, 0.15) is 188 Å². The summed E-state index contributed by atoms with van der Waals surface area (Å²) < 4.78 is 39.2. The Morgan fingerprint density at radius 3 is 1.23 bits per heavy atom. The van der Waals surface area contributed by atoms with Gasteiger partial charge in [-0.1, -0.05) is 205 Å². The Morgan fingerprint density at radius 2 is 0.770 bits per heavy atom. The topological polar surface area (TPSA) is 155 Å². The number of carbonyl (C=O) groups excluding carboxylic acids is 3. The molecule has 12 heteroatoms. The second-order valence-corrected chi connectivity index (χ2v) is 19.1. The molecule has 0 radical (unpaired) electrons. The summed E-state index contributed by atoms with van der Waals surface area (Å²) in [6, 6.07) is 0. The van der Waals surface area contributed by atoms with Gasteiger partial charge in [0.05, 0.1) is 26.2 Å². The third-order valence-electron chi connectivity index (χ3n) is 10.8. The number of hydrogen-bond donors (Lipinski definition) is 2. The molecule has 0 heterocycles. The Bertz CT molecular complexity index is 1800. The van der Waals surface area contributed by atoms with Crippen LogP contribution in [0.3, 0.4) is 0 Å². The first-order valence-corrected chi connectivity index (χ1v) is 29.2. The number of rotatable bonds is 49. The molecule has 0 aromatic heterocycles. The van der Waals surface area contributed by atoms with E-state index in [-0.39, 0.29) is 19.3 Å². The van der Waals surface area contributed by atoms with E-state index in [0.29, 0.717) is 25.7 Å². The summed E-state index contributed by atoms with van der Waals surface area (Å²) in [5.41, 5.74) is 0. The number of aliphatic hydroxyl groups is 1. The van der Waals surface area contributed by atoms with Gasteiger partial charge in [-0.15, -0.1) is 0 Å². The summed E-state index contributed by atoms with van der Waals surface area (Å²) in [4.78, 5) is 48.4. The number of phosphoric acid groups is 1. The van der Waals surface area contributed by atoms with Crippen molar-refractivity contribution in [2.24, 2.45) is 0 Å². The molecule has 0 rings (SSSR count). The number of esters is 3. The highest BCUT2D eigenvalue weighted by Gasteiger charge is 2.28. The van der Waals surface area contributed by atoms with Gasteiger partial charge in [0.1, 0.15) is 12.7 Å². The summed E-state index contributed by atoms with van der Waals surface area (Å²) in [5.74, 6) is -1.75. The number of carbonyl (C=O) groups is 3. The number of phosphoric ester groups is 1. The lowest BCUT2D eigenvalue weighted by molar-refractivity contribution is -0.160. The maximum atomic E-state index is 12.9. The SMILES string of the molecule is CC/C=C\C/C=C\C/C=C\C/C=C\C/C=C\C/C=C\CCC(=O)OC(COC(=O)C/C=C\C/C=C\C/C=C\C/C=C\C/C=C\CC)COP(=O)(O)OCC(CO)OC(=O)CCCCCCC/C=C\CCCCCC. The average Bonchev–Trinajstić information content (AvgIpc) is 3.39. The van der Waals surface area contributed by atoms with Crippen LogP contribution in [0.4, 0.5) is 0 Å². The maximum absolute atomic E-state index is 12.9. The van der Waals surface area contributed by atoms with Crippen molar-refractivity contribution in [3.63, 3.8) is 0 Å². The molecule has 0 amide bonds. The van der Waals surface area contributed by atoms with Crippen molar-refractivity contribution in [1.82, 2.24) is 0 Å². The van der Waals surface area contributed by atoms with Crippen LogP contribution >= 0.6 is 7.82 Å². The summed E-state index contributed by atoms with van der Waals surface area (Å²) in [6.45, 7) is 4.16. The van der Waals surface area contributed by atoms with E-state index in [9.17, 15) is 28.9 Å². The molecule has 0 saturated carbocycles. The molecule has 0 aliphatic rings. The molecule has 0 bridgehead atoms. The molecule has 0 aromatic carbocycles. The highest BCUT2D eigenvalue weighted by Crippen LogP contribution is 2.43. The van der Waals surface area contributed by atoms with E-state index in [1.807, 2.05) is 30.4 Å². The Kier molecular flexibility index (Phi) is 51.2. The van der Waals surface area contributed by atoms with Crippen molar-refractivity contribution in [1.29, 1.82) is 0 Å². The van der Waals surface area contributed by atoms with Gasteiger partial charge in [0.2, 0.25) is 0 Å². The summed E-state index contributed by atoms with van der Waals surface area (Å²) in [6.07, 6.45) is 70.0. The summed E-state index contributed by atoms with van der Waals surface area (Å²) in [7, 11) is -4.80. The first-order valence-electron chi connectivity index (χ1n) is 27.7. The molecule has 3 atom stereocenters. The second-order valence-electron chi connectivity index (χ2n) is 17.6. The predicted octanol–water partition coefficient (Wildman–Crippen LogP) is 16.4. The largest absolute Gasteiger partial charge is 0.472 e. The van der Waals surface area contributed by atoms with Gasteiger partial charge in [-0.05, 0) is 109 Å². The normalized spacial score (nSPS) is 14.5. The van der Waals surface area contributed by atoms with Gasteiger partial charge in [-0.25, -0.2) is 4.57 Å². The first-order chi connectivity index (χ1) is 36.2. The molecule has 0 aliphatic carbocycles. The fourth-order valence-corrected chi connectivity index (χ4v) is 7.41. The van der Waals surface area contributed by atoms with Crippen molar-refractivity contribution in [2.45, 2.75) is 200 Å². The molecule has 0 spiro atoms. The summed E-state index contributed by atoms with van der Waals surface area (Å²) >= 11 is 0. The number of hydrogen-bond acceptors (Lipinski definition) is 10. The zero-order valence-electron chi connectivity index (χ0n) is 45.7. The minimum atomic E-state index is -4.80. The van der Waals surface area contributed by atoms with Crippen LogP contribution in [-0.4, -0.2) is 66.5 Å². The second kappa shape index (κ2) is 54.6. The van der Waals surface area contributed by atoms with E-state index < -0.39 is 64.4 Å². The van der Waals surface area contributed by atoms with E-state index in [2.05, 4.69) is 130 Å². The fraction of sp³-hybridized carbons (Fsp3) is 0.565. The standard InChI is InChI=1S/C62H97O11P/c1-4-7-10-13-16-19-22-25-27-28-29-30-32-35-38-41-44-47-50-53-62(66)73-59(55-69-60(64)51-48-45-42-39-36-34-31-26-23-20-17-14-11-8-5-2)57-71-74(67,68)70-56-58(54-63)72-61(65)52-49-46-43-40-37-33-24-21-18-15-12-9-6-3/h7-8,10-11,16-17,19-21,24-27,29-31,35-36,38-39,44-45,47-48,58-59,63H,4-6,9,12-15,18,22-23,28,32-34,37,40-43,46,49-57H2,1-3H3,(H,67,68)/b10-7-,11-8-,19-16-,20-17-,24-21-,27-25-,30-29-,31-26-,38-35-,39-36-,47-44-,48-45-. The molecule has 416 valence electrons. The van der Waals surface area contributed by atoms with E-state index in [1.54, 1.807) is 6.08 Å². The highest BCUT2D eigenvalue weighted by atomic mass is 31.2. The molecule has 0 saturated heterocycles. The molecular formula is C62H97O11P. The number of unbranched alkanes of at least 4 members (excludes halogenated alkanes) is 9. The monoisotopic (exact) mass is 1050 g/mol. The van der Waals surface area contributed by atoms with Gasteiger partial charge in [-0.2, -0.15) is 0 Å². The fourth-order valence-electron chi connectivity index (χ4n) is 6.62. The van der Waals surface area contributed by atoms with Crippen LogP contribution in [0.25, 0.3) is 0 Å². The molecular weight excluding hydrogens is 952 g/mol. The maximum Gasteiger partial charge on any atom is 0.472 e. The smallest absolute Gasteiger partial charge is 0.461 e. The molecule has 2 N–H and O–H groups in total. The zero-order chi connectivity index (χ0) is 54.1. The van der Waals surface area contributed by atoms with Crippen LogP contribution < -0.4 is 0 Å². The van der Waals surface area contributed by atoms with Crippen LogP contribution in [-0.2, 0) is 42.2 Å². The lowest BCUT2D eigenvalue weighted by atomic mass is 10.1. The number of ether oxygens (including phenoxy) is 3. The minimum absolute atomic E-state index is 0.0143. The van der Waals surface area contributed by atoms with E-state index in [4.69, 9.17) is 23.3 Å². The Morgan fingerprint density at radius 1 is 0.405 bits per heavy atom. The summed E-state index contributed by atoms with van der Waals surface area (Å²) in [5, 5.41) is 9.79.